The number of halogens is 2. The van der Waals surface area contributed by atoms with Gasteiger partial charge < -0.3 is 20.3 Å². The minimum atomic E-state index is -2.89. The normalized spacial score (nSPS) is 17.6. The van der Waals surface area contributed by atoms with E-state index in [0.717, 1.165) is 25.9 Å². The van der Waals surface area contributed by atoms with Gasteiger partial charge in [0.15, 0.2) is 0 Å². The SMILES string of the molecule is Cc1ccc(NC(=O)N[C@H](C)C2CCN(C)CC2)cc1OC(F)F. The molecule has 1 heterocycles. The van der Waals surface area contributed by atoms with Crippen molar-refractivity contribution < 1.29 is 18.3 Å². The second kappa shape index (κ2) is 8.28. The number of hydrogen-bond donors (Lipinski definition) is 2. The Morgan fingerprint density at radius 1 is 1.33 bits per heavy atom. The van der Waals surface area contributed by atoms with E-state index in [1.807, 2.05) is 6.92 Å². The maximum absolute atomic E-state index is 12.4. The molecule has 1 fully saturated rings. The highest BCUT2D eigenvalue weighted by Gasteiger charge is 2.23. The van der Waals surface area contributed by atoms with Crippen LogP contribution in [0.15, 0.2) is 18.2 Å². The van der Waals surface area contributed by atoms with Crippen molar-refractivity contribution in [2.24, 2.45) is 5.92 Å². The van der Waals surface area contributed by atoms with E-state index in [-0.39, 0.29) is 17.8 Å². The molecule has 1 aliphatic heterocycles. The number of benzene rings is 1. The standard InChI is InChI=1S/C17H25F2N3O2/c1-11-4-5-14(10-15(11)24-16(18)19)21-17(23)20-12(2)13-6-8-22(3)9-7-13/h4-5,10,12-13,16H,6-9H2,1-3H3,(H2,20,21,23)/t12-/m1/s1. The van der Waals surface area contributed by atoms with Gasteiger partial charge in [0.25, 0.3) is 0 Å². The van der Waals surface area contributed by atoms with Crippen molar-refractivity contribution in [3.8, 4) is 5.75 Å². The minimum Gasteiger partial charge on any atom is -0.434 e. The second-order valence-electron chi connectivity index (χ2n) is 6.39. The molecule has 0 unspecified atom stereocenters. The van der Waals surface area contributed by atoms with Crippen LogP contribution >= 0.6 is 0 Å². The van der Waals surface area contributed by atoms with Crippen LogP contribution in [0.2, 0.25) is 0 Å². The molecule has 0 spiro atoms. The highest BCUT2D eigenvalue weighted by Crippen LogP contribution is 2.24. The summed E-state index contributed by atoms with van der Waals surface area (Å²) in [5.74, 6) is 0.508. The Balaban J connectivity index is 1.89. The lowest BCUT2D eigenvalue weighted by Gasteiger charge is -2.33. The predicted octanol–water partition coefficient (Wildman–Crippen LogP) is 3.45. The number of aryl methyl sites for hydroxylation is 1. The maximum atomic E-state index is 12.4. The number of carbonyl (C=O) groups excluding carboxylic acids is 1. The lowest BCUT2D eigenvalue weighted by molar-refractivity contribution is -0.0502. The van der Waals surface area contributed by atoms with Crippen molar-refractivity contribution in [1.29, 1.82) is 0 Å². The summed E-state index contributed by atoms with van der Waals surface area (Å²) in [7, 11) is 2.09. The van der Waals surface area contributed by atoms with E-state index >= 15 is 0 Å². The molecule has 2 rings (SSSR count). The fourth-order valence-electron chi connectivity index (χ4n) is 2.92. The highest BCUT2D eigenvalue weighted by atomic mass is 19.3. The molecule has 1 atom stereocenters. The van der Waals surface area contributed by atoms with Gasteiger partial charge in [-0.15, -0.1) is 0 Å². The first-order valence-corrected chi connectivity index (χ1v) is 8.16. The van der Waals surface area contributed by atoms with Crippen LogP contribution in [-0.2, 0) is 0 Å². The second-order valence-corrected chi connectivity index (χ2v) is 6.39. The number of carbonyl (C=O) groups is 1. The van der Waals surface area contributed by atoms with Gasteiger partial charge in [-0.25, -0.2) is 4.79 Å². The summed E-state index contributed by atoms with van der Waals surface area (Å²) in [6.07, 6.45) is 2.10. The van der Waals surface area contributed by atoms with Crippen LogP contribution in [0.4, 0.5) is 19.3 Å². The number of rotatable bonds is 5. The molecule has 1 aliphatic rings. The maximum Gasteiger partial charge on any atom is 0.387 e. The number of amides is 2. The number of urea groups is 1. The fraction of sp³-hybridized carbons (Fsp3) is 0.588. The molecule has 24 heavy (non-hydrogen) atoms. The first-order chi connectivity index (χ1) is 11.3. The molecule has 2 N–H and O–H groups in total. The molecule has 0 bridgehead atoms. The van der Waals surface area contributed by atoms with E-state index in [4.69, 9.17) is 0 Å². The third-order valence-electron chi connectivity index (χ3n) is 4.49. The Hall–Kier alpha value is -1.89. The topological polar surface area (TPSA) is 53.6 Å². The molecule has 0 saturated carbocycles. The summed E-state index contributed by atoms with van der Waals surface area (Å²) in [6, 6.07) is 4.41. The number of hydrogen-bond acceptors (Lipinski definition) is 3. The van der Waals surface area contributed by atoms with Crippen molar-refractivity contribution in [3.05, 3.63) is 23.8 Å². The molecule has 0 radical (unpaired) electrons. The number of piperidine rings is 1. The molecule has 134 valence electrons. The predicted molar refractivity (Wildman–Crippen MR) is 89.6 cm³/mol. The first kappa shape index (κ1) is 18.4. The summed E-state index contributed by atoms with van der Waals surface area (Å²) >= 11 is 0. The lowest BCUT2D eigenvalue weighted by atomic mass is 9.91. The van der Waals surface area contributed by atoms with Crippen molar-refractivity contribution in [1.82, 2.24) is 10.2 Å². The average Bonchev–Trinajstić information content (AvgIpc) is 2.50. The molecule has 1 aromatic rings. The molecule has 1 aromatic carbocycles. The number of likely N-dealkylation sites (tertiary alicyclic amines) is 1. The Bertz CT molecular complexity index is 561. The summed E-state index contributed by atoms with van der Waals surface area (Å²) in [5, 5.41) is 5.61. The first-order valence-electron chi connectivity index (χ1n) is 8.16. The number of nitrogens with zero attached hydrogens (tertiary/aromatic N) is 1. The number of ether oxygens (including phenoxy) is 1. The van der Waals surface area contributed by atoms with E-state index in [0.29, 0.717) is 17.2 Å². The smallest absolute Gasteiger partial charge is 0.387 e. The van der Waals surface area contributed by atoms with Crippen LogP contribution in [0.25, 0.3) is 0 Å². The van der Waals surface area contributed by atoms with Gasteiger partial charge in [-0.05, 0) is 64.4 Å². The molecule has 2 amide bonds. The molecule has 0 aromatic heterocycles. The van der Waals surface area contributed by atoms with E-state index in [2.05, 4.69) is 27.3 Å². The number of alkyl halides is 2. The van der Waals surface area contributed by atoms with Crippen LogP contribution < -0.4 is 15.4 Å². The zero-order valence-electron chi connectivity index (χ0n) is 14.3. The molecule has 1 saturated heterocycles. The van der Waals surface area contributed by atoms with Crippen LogP contribution in [0.5, 0.6) is 5.75 Å². The third-order valence-corrected chi connectivity index (χ3v) is 4.49. The lowest BCUT2D eigenvalue weighted by Crippen LogP contribution is -2.44. The van der Waals surface area contributed by atoms with Gasteiger partial charge in [-0.2, -0.15) is 8.78 Å². The van der Waals surface area contributed by atoms with Crippen molar-refractivity contribution in [3.63, 3.8) is 0 Å². The Kier molecular flexibility index (Phi) is 6.36. The van der Waals surface area contributed by atoms with Crippen molar-refractivity contribution in [2.75, 3.05) is 25.5 Å². The Labute approximate surface area is 141 Å². The molecule has 7 heteroatoms. The van der Waals surface area contributed by atoms with Crippen LogP contribution in [0, 0.1) is 12.8 Å². The van der Waals surface area contributed by atoms with Gasteiger partial charge in [-0.1, -0.05) is 6.07 Å². The van der Waals surface area contributed by atoms with E-state index in [9.17, 15) is 13.6 Å². The largest absolute Gasteiger partial charge is 0.434 e. The summed E-state index contributed by atoms with van der Waals surface area (Å²) in [6.45, 7) is 2.84. The Morgan fingerprint density at radius 3 is 2.62 bits per heavy atom. The van der Waals surface area contributed by atoms with E-state index < -0.39 is 6.61 Å². The fourth-order valence-corrected chi connectivity index (χ4v) is 2.92. The van der Waals surface area contributed by atoms with Crippen molar-refractivity contribution >= 4 is 11.7 Å². The average molecular weight is 341 g/mol. The summed E-state index contributed by atoms with van der Waals surface area (Å²) in [4.78, 5) is 14.4. The summed E-state index contributed by atoms with van der Waals surface area (Å²) in [5.41, 5.74) is 1.00. The van der Waals surface area contributed by atoms with Gasteiger partial charge in [0.1, 0.15) is 5.75 Å². The van der Waals surface area contributed by atoms with Gasteiger partial charge in [0.05, 0.1) is 0 Å². The van der Waals surface area contributed by atoms with Crippen LogP contribution in [0.3, 0.4) is 0 Å². The van der Waals surface area contributed by atoms with Crippen LogP contribution in [-0.4, -0.2) is 43.7 Å². The minimum absolute atomic E-state index is 0.0564. The quantitative estimate of drug-likeness (QED) is 0.862. The van der Waals surface area contributed by atoms with Gasteiger partial charge >= 0.3 is 12.6 Å². The zero-order chi connectivity index (χ0) is 17.7. The van der Waals surface area contributed by atoms with E-state index in [1.54, 1.807) is 19.1 Å². The molecular weight excluding hydrogens is 316 g/mol. The number of anilines is 1. The molecule has 5 nitrogen and oxygen atoms in total. The van der Waals surface area contributed by atoms with Crippen molar-refractivity contribution in [2.45, 2.75) is 39.3 Å². The highest BCUT2D eigenvalue weighted by molar-refractivity contribution is 5.89. The van der Waals surface area contributed by atoms with Crippen LogP contribution in [0.1, 0.15) is 25.3 Å². The number of nitrogens with one attached hydrogen (secondary N) is 2. The molecule has 0 aliphatic carbocycles. The summed E-state index contributed by atoms with van der Waals surface area (Å²) < 4.78 is 29.2. The third kappa shape index (κ3) is 5.33. The zero-order valence-corrected chi connectivity index (χ0v) is 14.3. The van der Waals surface area contributed by atoms with E-state index in [1.165, 1.54) is 6.07 Å². The molecular formula is C17H25F2N3O2. The van der Waals surface area contributed by atoms with Gasteiger partial charge in [-0.3, -0.25) is 0 Å². The van der Waals surface area contributed by atoms with Gasteiger partial charge in [0.2, 0.25) is 0 Å². The Morgan fingerprint density at radius 2 is 2.00 bits per heavy atom. The monoisotopic (exact) mass is 341 g/mol. The van der Waals surface area contributed by atoms with Gasteiger partial charge in [0, 0.05) is 17.8 Å².